The fourth-order valence-corrected chi connectivity index (χ4v) is 3.79. The van der Waals surface area contributed by atoms with Crippen LogP contribution in [0.1, 0.15) is 15.9 Å². The molecule has 0 aliphatic heterocycles. The summed E-state index contributed by atoms with van der Waals surface area (Å²) >= 11 is 12.3. The smallest absolute Gasteiger partial charge is 0.243 e. The maximum atomic E-state index is 13.0. The molecule has 33 heavy (non-hydrogen) atoms. The first-order chi connectivity index (χ1) is 16.0. The number of carbonyl (C=O) groups excluding carboxylic acids is 2. The monoisotopic (exact) mass is 474 g/mol. The lowest BCUT2D eigenvalue weighted by atomic mass is 10.0. The number of nitrogens with one attached hydrogen (secondary N) is 2. The van der Waals surface area contributed by atoms with Gasteiger partial charge in [-0.05, 0) is 53.6 Å². The molecule has 4 nitrogen and oxygen atoms in total. The van der Waals surface area contributed by atoms with Crippen molar-refractivity contribution in [2.45, 2.75) is 0 Å². The Bertz CT molecular complexity index is 1290. The number of halogens is 2. The lowest BCUT2D eigenvalue weighted by Crippen LogP contribution is -2.23. The normalized spacial score (nSPS) is 10.5. The predicted octanol–water partition coefficient (Wildman–Crippen LogP) is 6.94. The Morgan fingerprint density at radius 1 is 0.697 bits per heavy atom. The molecule has 0 bridgehead atoms. The standard InChI is InChI=1S/C27H20Cl2N2O2/c28-20-12-15-25(23(16-20)27(33)22-8-4-5-9-24(22)29)31-26(32)17-30-21-13-10-19(11-14-21)18-6-2-1-3-7-18/h1-16,30H,17H2,(H,31,32). The molecular formula is C27H20Cl2N2O2. The van der Waals surface area contributed by atoms with Gasteiger partial charge in [-0.1, -0.05) is 77.8 Å². The Kier molecular flexibility index (Phi) is 7.08. The Hall–Kier alpha value is -3.60. The van der Waals surface area contributed by atoms with Crippen molar-refractivity contribution in [1.29, 1.82) is 0 Å². The SMILES string of the molecule is O=C(CNc1ccc(-c2ccccc2)cc1)Nc1ccc(Cl)cc1C(=O)c1ccccc1Cl. The number of ketones is 1. The van der Waals surface area contributed by atoms with Crippen molar-refractivity contribution in [3.63, 3.8) is 0 Å². The second kappa shape index (κ2) is 10.3. The first-order valence-electron chi connectivity index (χ1n) is 10.3. The quantitative estimate of drug-likeness (QED) is 0.285. The van der Waals surface area contributed by atoms with Gasteiger partial charge in [-0.25, -0.2) is 0 Å². The molecule has 0 radical (unpaired) electrons. The van der Waals surface area contributed by atoms with E-state index in [-0.39, 0.29) is 23.8 Å². The van der Waals surface area contributed by atoms with E-state index >= 15 is 0 Å². The molecule has 0 unspecified atom stereocenters. The van der Waals surface area contributed by atoms with Crippen LogP contribution in [0.3, 0.4) is 0 Å². The molecule has 6 heteroatoms. The predicted molar refractivity (Wildman–Crippen MR) is 135 cm³/mol. The van der Waals surface area contributed by atoms with E-state index < -0.39 is 0 Å². The lowest BCUT2D eigenvalue weighted by Gasteiger charge is -2.13. The molecule has 4 aromatic rings. The van der Waals surface area contributed by atoms with Gasteiger partial charge in [0.25, 0.3) is 0 Å². The first-order valence-corrected chi connectivity index (χ1v) is 11.0. The van der Waals surface area contributed by atoms with Crippen molar-refractivity contribution in [3.8, 4) is 11.1 Å². The molecule has 1 amide bonds. The third-order valence-electron chi connectivity index (χ3n) is 5.06. The minimum Gasteiger partial charge on any atom is -0.376 e. The fraction of sp³-hybridized carbons (Fsp3) is 0.0370. The molecule has 4 aromatic carbocycles. The van der Waals surface area contributed by atoms with E-state index in [0.717, 1.165) is 16.8 Å². The third-order valence-corrected chi connectivity index (χ3v) is 5.63. The maximum Gasteiger partial charge on any atom is 0.243 e. The van der Waals surface area contributed by atoms with Crippen LogP contribution in [0.5, 0.6) is 0 Å². The van der Waals surface area contributed by atoms with Gasteiger partial charge in [0.05, 0.1) is 17.3 Å². The summed E-state index contributed by atoms with van der Waals surface area (Å²) < 4.78 is 0. The van der Waals surface area contributed by atoms with E-state index in [1.165, 1.54) is 6.07 Å². The molecule has 0 heterocycles. The molecule has 0 aromatic heterocycles. The zero-order chi connectivity index (χ0) is 23.2. The van der Waals surface area contributed by atoms with Crippen LogP contribution in [0, 0.1) is 0 Å². The number of amides is 1. The summed E-state index contributed by atoms with van der Waals surface area (Å²) in [4.78, 5) is 25.6. The number of anilines is 2. The second-order valence-corrected chi connectivity index (χ2v) is 8.19. The van der Waals surface area contributed by atoms with Gasteiger partial charge in [-0.3, -0.25) is 9.59 Å². The summed E-state index contributed by atoms with van der Waals surface area (Å²) in [6.45, 7) is 0.0348. The van der Waals surface area contributed by atoms with E-state index in [1.807, 2.05) is 54.6 Å². The number of benzene rings is 4. The molecule has 0 spiro atoms. The largest absolute Gasteiger partial charge is 0.376 e. The minimum atomic E-state index is -0.317. The van der Waals surface area contributed by atoms with Crippen molar-refractivity contribution in [1.82, 2.24) is 0 Å². The molecular weight excluding hydrogens is 455 g/mol. The van der Waals surface area contributed by atoms with Crippen LogP contribution in [0.25, 0.3) is 11.1 Å². The molecule has 0 aliphatic rings. The summed E-state index contributed by atoms with van der Waals surface area (Å²) in [5, 5.41) is 6.61. The molecule has 0 fully saturated rings. The van der Waals surface area contributed by atoms with Gasteiger partial charge in [-0.15, -0.1) is 0 Å². The maximum absolute atomic E-state index is 13.0. The second-order valence-electron chi connectivity index (χ2n) is 7.34. The molecule has 0 aliphatic carbocycles. The average molecular weight is 475 g/mol. The van der Waals surface area contributed by atoms with Crippen LogP contribution in [0.15, 0.2) is 97.1 Å². The van der Waals surface area contributed by atoms with E-state index in [2.05, 4.69) is 10.6 Å². The Balaban J connectivity index is 1.44. The Labute approximate surface area is 202 Å². The van der Waals surface area contributed by atoms with E-state index in [4.69, 9.17) is 23.2 Å². The van der Waals surface area contributed by atoms with E-state index in [0.29, 0.717) is 21.3 Å². The van der Waals surface area contributed by atoms with Gasteiger partial charge in [-0.2, -0.15) is 0 Å². The van der Waals surface area contributed by atoms with Gasteiger partial charge in [0, 0.05) is 21.8 Å². The molecule has 0 atom stereocenters. The summed E-state index contributed by atoms with van der Waals surface area (Å²) in [7, 11) is 0. The van der Waals surface area contributed by atoms with Gasteiger partial charge < -0.3 is 10.6 Å². The third kappa shape index (κ3) is 5.61. The van der Waals surface area contributed by atoms with Gasteiger partial charge in [0.1, 0.15) is 0 Å². The van der Waals surface area contributed by atoms with E-state index in [1.54, 1.807) is 36.4 Å². The van der Waals surface area contributed by atoms with Crippen LogP contribution < -0.4 is 10.6 Å². The number of hydrogen-bond donors (Lipinski definition) is 2. The van der Waals surface area contributed by atoms with Crippen molar-refractivity contribution in [2.75, 3.05) is 17.2 Å². The molecule has 0 saturated carbocycles. The van der Waals surface area contributed by atoms with E-state index in [9.17, 15) is 9.59 Å². The molecule has 2 N–H and O–H groups in total. The zero-order valence-corrected chi connectivity index (χ0v) is 19.0. The van der Waals surface area contributed by atoms with Crippen molar-refractivity contribution in [3.05, 3.63) is 118 Å². The van der Waals surface area contributed by atoms with Crippen LogP contribution in [0.4, 0.5) is 11.4 Å². The van der Waals surface area contributed by atoms with Crippen LogP contribution in [0.2, 0.25) is 10.0 Å². The molecule has 4 rings (SSSR count). The molecule has 164 valence electrons. The lowest BCUT2D eigenvalue weighted by molar-refractivity contribution is -0.114. The number of carbonyl (C=O) groups is 2. The summed E-state index contributed by atoms with van der Waals surface area (Å²) in [6, 6.07) is 29.4. The zero-order valence-electron chi connectivity index (χ0n) is 17.5. The highest BCUT2D eigenvalue weighted by Gasteiger charge is 2.18. The van der Waals surface area contributed by atoms with Gasteiger partial charge >= 0.3 is 0 Å². The van der Waals surface area contributed by atoms with Crippen LogP contribution in [-0.2, 0) is 4.79 Å². The van der Waals surface area contributed by atoms with Crippen LogP contribution >= 0.6 is 23.2 Å². The first kappa shape index (κ1) is 22.6. The van der Waals surface area contributed by atoms with Gasteiger partial charge in [0.15, 0.2) is 5.78 Å². The van der Waals surface area contributed by atoms with Gasteiger partial charge in [0.2, 0.25) is 5.91 Å². The summed E-state index contributed by atoms with van der Waals surface area (Å²) in [5.74, 6) is -0.611. The summed E-state index contributed by atoms with van der Waals surface area (Å²) in [6.07, 6.45) is 0. The summed E-state index contributed by atoms with van der Waals surface area (Å²) in [5.41, 5.74) is 4.02. The van der Waals surface area contributed by atoms with Crippen molar-refractivity contribution >= 4 is 46.3 Å². The Morgan fingerprint density at radius 3 is 2.09 bits per heavy atom. The highest BCUT2D eigenvalue weighted by atomic mass is 35.5. The minimum absolute atomic E-state index is 0.0348. The molecule has 0 saturated heterocycles. The van der Waals surface area contributed by atoms with Crippen molar-refractivity contribution in [2.24, 2.45) is 0 Å². The highest BCUT2D eigenvalue weighted by molar-refractivity contribution is 6.36. The van der Waals surface area contributed by atoms with Crippen molar-refractivity contribution < 1.29 is 9.59 Å². The number of rotatable bonds is 7. The Morgan fingerprint density at radius 2 is 1.36 bits per heavy atom. The highest BCUT2D eigenvalue weighted by Crippen LogP contribution is 2.27. The van der Waals surface area contributed by atoms with Crippen LogP contribution in [-0.4, -0.2) is 18.2 Å². The number of hydrogen-bond acceptors (Lipinski definition) is 3. The topological polar surface area (TPSA) is 58.2 Å². The average Bonchev–Trinajstić information content (AvgIpc) is 2.84. The fourth-order valence-electron chi connectivity index (χ4n) is 3.39.